The Labute approximate surface area is 159 Å². The van der Waals surface area contributed by atoms with Crippen LogP contribution in [0.5, 0.6) is 0 Å². The minimum atomic E-state index is -3.83. The number of halogens is 1. The Kier molecular flexibility index (Phi) is 5.53. The number of anilines is 1. The Hall–Kier alpha value is -2.05. The zero-order chi connectivity index (χ0) is 18.7. The van der Waals surface area contributed by atoms with Crippen molar-refractivity contribution in [1.29, 1.82) is 0 Å². The van der Waals surface area contributed by atoms with Gasteiger partial charge in [-0.2, -0.15) is 0 Å². The first-order valence-electron chi connectivity index (χ1n) is 8.55. The molecule has 1 saturated heterocycles. The molecule has 5 nitrogen and oxygen atoms in total. The van der Waals surface area contributed by atoms with Gasteiger partial charge >= 0.3 is 0 Å². The largest absolute Gasteiger partial charge is 0.339 e. The molecule has 1 aliphatic heterocycles. The van der Waals surface area contributed by atoms with E-state index in [-0.39, 0.29) is 10.8 Å². The standard InChI is InChI=1S/C19H21ClN2O3S/c1-14-8-9-15(19(23)22-10-3-2-4-11-22)12-18(14)26(24,25)21-17-7-5-6-16(20)13-17/h5-9,12-13,21H,2-4,10-11H2,1H3. The number of benzene rings is 2. The van der Waals surface area contributed by atoms with E-state index in [1.165, 1.54) is 12.1 Å². The Balaban J connectivity index is 1.90. The van der Waals surface area contributed by atoms with Gasteiger partial charge in [0.05, 0.1) is 10.6 Å². The number of sulfonamides is 1. The molecule has 7 heteroatoms. The second-order valence-electron chi connectivity index (χ2n) is 6.45. The van der Waals surface area contributed by atoms with Crippen LogP contribution in [0.4, 0.5) is 5.69 Å². The van der Waals surface area contributed by atoms with Crippen molar-refractivity contribution in [2.24, 2.45) is 0 Å². The van der Waals surface area contributed by atoms with Crippen molar-refractivity contribution in [3.05, 3.63) is 58.6 Å². The lowest BCUT2D eigenvalue weighted by atomic mass is 10.1. The van der Waals surface area contributed by atoms with E-state index in [1.807, 2.05) is 0 Å². The summed E-state index contributed by atoms with van der Waals surface area (Å²) in [5, 5.41) is 0.441. The predicted octanol–water partition coefficient (Wildman–Crippen LogP) is 4.08. The molecule has 1 fully saturated rings. The second kappa shape index (κ2) is 7.68. The van der Waals surface area contributed by atoms with Crippen molar-refractivity contribution in [2.75, 3.05) is 17.8 Å². The maximum atomic E-state index is 12.8. The predicted molar refractivity (Wildman–Crippen MR) is 103 cm³/mol. The number of piperidine rings is 1. The summed E-state index contributed by atoms with van der Waals surface area (Å²) in [6.45, 7) is 3.15. The first kappa shape index (κ1) is 18.7. The molecule has 3 rings (SSSR count). The number of carbonyl (C=O) groups excluding carboxylic acids is 1. The molecule has 0 bridgehead atoms. The van der Waals surface area contributed by atoms with Crippen LogP contribution in [-0.4, -0.2) is 32.3 Å². The number of nitrogens with zero attached hydrogens (tertiary/aromatic N) is 1. The molecule has 138 valence electrons. The van der Waals surface area contributed by atoms with E-state index < -0.39 is 10.0 Å². The molecule has 0 atom stereocenters. The second-order valence-corrected chi connectivity index (χ2v) is 8.54. The fourth-order valence-electron chi connectivity index (χ4n) is 3.06. The van der Waals surface area contributed by atoms with Crippen LogP contribution in [0.15, 0.2) is 47.4 Å². The topological polar surface area (TPSA) is 66.5 Å². The maximum Gasteiger partial charge on any atom is 0.262 e. The Morgan fingerprint density at radius 1 is 1.08 bits per heavy atom. The fourth-order valence-corrected chi connectivity index (χ4v) is 4.58. The summed E-state index contributed by atoms with van der Waals surface area (Å²) in [7, 11) is -3.83. The van der Waals surface area contributed by atoms with E-state index in [0.29, 0.717) is 21.8 Å². The third kappa shape index (κ3) is 4.19. The van der Waals surface area contributed by atoms with Gasteiger partial charge in [0.15, 0.2) is 0 Å². The Bertz CT molecular complexity index is 922. The highest BCUT2D eigenvalue weighted by atomic mass is 35.5. The Morgan fingerprint density at radius 3 is 2.50 bits per heavy atom. The van der Waals surface area contributed by atoms with Gasteiger partial charge in [-0.15, -0.1) is 0 Å². The van der Waals surface area contributed by atoms with Crippen LogP contribution in [0.25, 0.3) is 0 Å². The average Bonchev–Trinajstić information content (AvgIpc) is 2.62. The van der Waals surface area contributed by atoms with Crippen molar-refractivity contribution in [3.8, 4) is 0 Å². The monoisotopic (exact) mass is 392 g/mol. The van der Waals surface area contributed by atoms with Gasteiger partial charge in [-0.1, -0.05) is 23.7 Å². The summed E-state index contributed by atoms with van der Waals surface area (Å²) < 4.78 is 28.1. The molecule has 1 N–H and O–H groups in total. The number of nitrogens with one attached hydrogen (secondary N) is 1. The molecule has 1 heterocycles. The van der Waals surface area contributed by atoms with Crippen LogP contribution in [0.2, 0.25) is 5.02 Å². The van der Waals surface area contributed by atoms with Gasteiger partial charge in [0.25, 0.3) is 15.9 Å². The molecule has 0 spiro atoms. The molecule has 2 aromatic rings. The summed E-state index contributed by atoms with van der Waals surface area (Å²) in [5.41, 5.74) is 1.35. The van der Waals surface area contributed by atoms with Crippen molar-refractivity contribution < 1.29 is 13.2 Å². The van der Waals surface area contributed by atoms with Gasteiger partial charge in [-0.05, 0) is 62.1 Å². The van der Waals surface area contributed by atoms with Crippen LogP contribution in [-0.2, 0) is 10.0 Å². The molecular weight excluding hydrogens is 372 g/mol. The number of hydrogen-bond acceptors (Lipinski definition) is 3. The minimum absolute atomic E-state index is 0.0975. The van der Waals surface area contributed by atoms with Crippen LogP contribution in [0, 0.1) is 6.92 Å². The van der Waals surface area contributed by atoms with Crippen molar-refractivity contribution in [2.45, 2.75) is 31.1 Å². The number of amides is 1. The lowest BCUT2D eigenvalue weighted by Crippen LogP contribution is -2.35. The highest BCUT2D eigenvalue weighted by Crippen LogP contribution is 2.23. The molecule has 2 aromatic carbocycles. The highest BCUT2D eigenvalue weighted by Gasteiger charge is 2.22. The number of aryl methyl sites for hydroxylation is 1. The number of rotatable bonds is 4. The minimum Gasteiger partial charge on any atom is -0.339 e. The van der Waals surface area contributed by atoms with E-state index in [0.717, 1.165) is 32.4 Å². The summed E-state index contributed by atoms with van der Waals surface area (Å²) >= 11 is 5.92. The highest BCUT2D eigenvalue weighted by molar-refractivity contribution is 7.92. The van der Waals surface area contributed by atoms with Crippen molar-refractivity contribution in [1.82, 2.24) is 4.90 Å². The third-order valence-electron chi connectivity index (χ3n) is 4.44. The van der Waals surface area contributed by atoms with Gasteiger partial charge in [-0.3, -0.25) is 9.52 Å². The summed E-state index contributed by atoms with van der Waals surface area (Å²) in [5.74, 6) is -0.121. The van der Waals surface area contributed by atoms with Crippen LogP contribution < -0.4 is 4.72 Å². The van der Waals surface area contributed by atoms with Crippen LogP contribution in [0.3, 0.4) is 0 Å². The van der Waals surface area contributed by atoms with E-state index in [9.17, 15) is 13.2 Å². The number of hydrogen-bond donors (Lipinski definition) is 1. The maximum absolute atomic E-state index is 12.8. The average molecular weight is 393 g/mol. The van der Waals surface area contributed by atoms with E-state index in [1.54, 1.807) is 42.2 Å². The van der Waals surface area contributed by atoms with Crippen LogP contribution >= 0.6 is 11.6 Å². The van der Waals surface area contributed by atoms with Crippen molar-refractivity contribution >= 4 is 33.2 Å². The van der Waals surface area contributed by atoms with Crippen LogP contribution in [0.1, 0.15) is 35.2 Å². The van der Waals surface area contributed by atoms with Gasteiger partial charge in [0, 0.05) is 23.7 Å². The Morgan fingerprint density at radius 2 is 1.81 bits per heavy atom. The van der Waals surface area contributed by atoms with Gasteiger partial charge in [0.2, 0.25) is 0 Å². The van der Waals surface area contributed by atoms with E-state index in [2.05, 4.69) is 4.72 Å². The molecule has 0 unspecified atom stereocenters. The number of carbonyl (C=O) groups is 1. The van der Waals surface area contributed by atoms with Gasteiger partial charge in [-0.25, -0.2) is 8.42 Å². The van der Waals surface area contributed by atoms with E-state index >= 15 is 0 Å². The molecule has 26 heavy (non-hydrogen) atoms. The zero-order valence-corrected chi connectivity index (χ0v) is 16.1. The zero-order valence-electron chi connectivity index (χ0n) is 14.5. The molecule has 1 aliphatic rings. The first-order valence-corrected chi connectivity index (χ1v) is 10.4. The smallest absolute Gasteiger partial charge is 0.262 e. The molecule has 1 amide bonds. The summed E-state index contributed by atoms with van der Waals surface area (Å²) in [6, 6.07) is 11.3. The number of likely N-dealkylation sites (tertiary alicyclic amines) is 1. The summed E-state index contributed by atoms with van der Waals surface area (Å²) in [4.78, 5) is 14.6. The van der Waals surface area contributed by atoms with Gasteiger partial charge in [0.1, 0.15) is 0 Å². The van der Waals surface area contributed by atoms with Crippen molar-refractivity contribution in [3.63, 3.8) is 0 Å². The lowest BCUT2D eigenvalue weighted by Gasteiger charge is -2.27. The van der Waals surface area contributed by atoms with E-state index in [4.69, 9.17) is 11.6 Å². The molecule has 0 saturated carbocycles. The molecular formula is C19H21ClN2O3S. The SMILES string of the molecule is Cc1ccc(C(=O)N2CCCCC2)cc1S(=O)(=O)Nc1cccc(Cl)c1. The third-order valence-corrected chi connectivity index (χ3v) is 6.20. The molecule has 0 radical (unpaired) electrons. The normalized spacial score (nSPS) is 14.9. The quantitative estimate of drug-likeness (QED) is 0.852. The molecule has 0 aromatic heterocycles. The molecule has 0 aliphatic carbocycles. The fraction of sp³-hybridized carbons (Fsp3) is 0.316. The van der Waals surface area contributed by atoms with Gasteiger partial charge < -0.3 is 4.90 Å². The summed E-state index contributed by atoms with van der Waals surface area (Å²) in [6.07, 6.45) is 3.10. The first-order chi connectivity index (χ1) is 12.4. The lowest BCUT2D eigenvalue weighted by molar-refractivity contribution is 0.0724.